The fraction of sp³-hybridized carbons (Fsp3) is 0.475. The molecule has 0 bridgehead atoms. The van der Waals surface area contributed by atoms with Crippen molar-refractivity contribution in [3.63, 3.8) is 0 Å². The number of aromatic nitrogens is 3. The molecule has 2 aromatic heterocycles. The first-order chi connectivity index (χ1) is 23.5. The molecule has 1 saturated carbocycles. The number of hydrogen-bond donors (Lipinski definition) is 0. The van der Waals surface area contributed by atoms with Crippen LogP contribution in [0.25, 0.3) is 42.8 Å². The smallest absolute Gasteiger partial charge is 0.339 e. The number of aryl methyl sites for hydroxylation is 2. The van der Waals surface area contributed by atoms with Gasteiger partial charge in [-0.2, -0.15) is 5.10 Å². The molecule has 3 heterocycles. The molecule has 7 nitrogen and oxygen atoms in total. The zero-order chi connectivity index (χ0) is 34.4. The molecule has 1 aliphatic heterocycles. The van der Waals surface area contributed by atoms with Gasteiger partial charge in [0.2, 0.25) is 0 Å². The summed E-state index contributed by atoms with van der Waals surface area (Å²) in [4.78, 5) is 21.5. The third kappa shape index (κ3) is 6.77. The van der Waals surface area contributed by atoms with Crippen molar-refractivity contribution in [2.24, 2.45) is 0 Å². The number of benzene rings is 3. The summed E-state index contributed by atoms with van der Waals surface area (Å²) < 4.78 is 15.2. The van der Waals surface area contributed by atoms with Crippen LogP contribution >= 0.6 is 22.9 Å². The van der Waals surface area contributed by atoms with Crippen molar-refractivity contribution in [3.05, 3.63) is 70.4 Å². The van der Waals surface area contributed by atoms with E-state index in [9.17, 15) is 4.79 Å². The molecular weight excluding hydrogens is 652 g/mol. The van der Waals surface area contributed by atoms with Crippen LogP contribution in [0, 0.1) is 6.92 Å². The van der Waals surface area contributed by atoms with Gasteiger partial charge in [0.15, 0.2) is 6.10 Å². The lowest BCUT2D eigenvalue weighted by molar-refractivity contribution is -0.166. The lowest BCUT2D eigenvalue weighted by atomic mass is 9.86. The zero-order valence-electron chi connectivity index (χ0n) is 29.5. The van der Waals surface area contributed by atoms with E-state index in [0.29, 0.717) is 10.9 Å². The van der Waals surface area contributed by atoms with Crippen molar-refractivity contribution in [1.29, 1.82) is 0 Å². The molecule has 7 rings (SSSR count). The second kappa shape index (κ2) is 13.8. The SMILES string of the molecule is CCOC(=O)[C@@H](OC(C)(C)C)c1c(C)cc2nc(-c3ccc4c(c3)c(C3CCN(C5CCC5)CC3)nn4CC)sc2c1-c1ccc(Cl)cc1. The highest BCUT2D eigenvalue weighted by Gasteiger charge is 2.34. The highest BCUT2D eigenvalue weighted by molar-refractivity contribution is 7.22. The second-order valence-electron chi connectivity index (χ2n) is 14.5. The van der Waals surface area contributed by atoms with E-state index >= 15 is 0 Å². The first-order valence-electron chi connectivity index (χ1n) is 17.8. The molecule has 3 aromatic carbocycles. The van der Waals surface area contributed by atoms with Crippen LogP contribution in [0.3, 0.4) is 0 Å². The minimum absolute atomic E-state index is 0.268. The molecule has 2 fully saturated rings. The van der Waals surface area contributed by atoms with Crippen LogP contribution in [0.5, 0.6) is 0 Å². The summed E-state index contributed by atoms with van der Waals surface area (Å²) in [5.41, 5.74) is 7.38. The van der Waals surface area contributed by atoms with Crippen molar-refractivity contribution >= 4 is 50.0 Å². The molecule has 49 heavy (non-hydrogen) atoms. The van der Waals surface area contributed by atoms with Gasteiger partial charge in [-0.1, -0.05) is 30.2 Å². The molecular formula is C40H47ClN4O3S. The third-order valence-corrected chi connectivity index (χ3v) is 11.5. The number of carbonyl (C=O) groups excluding carboxylic acids is 1. The number of esters is 1. The molecule has 0 amide bonds. The minimum Gasteiger partial charge on any atom is -0.464 e. The highest BCUT2D eigenvalue weighted by Crippen LogP contribution is 2.45. The Kier molecular flexibility index (Phi) is 9.61. The molecule has 258 valence electrons. The van der Waals surface area contributed by atoms with Gasteiger partial charge in [-0.25, -0.2) is 9.78 Å². The molecule has 1 aliphatic carbocycles. The summed E-state index contributed by atoms with van der Waals surface area (Å²) >= 11 is 8.00. The van der Waals surface area contributed by atoms with Gasteiger partial charge in [0.25, 0.3) is 0 Å². The molecule has 1 saturated heterocycles. The first kappa shape index (κ1) is 34.2. The Bertz CT molecular complexity index is 1980. The largest absolute Gasteiger partial charge is 0.464 e. The fourth-order valence-electron chi connectivity index (χ4n) is 7.54. The summed E-state index contributed by atoms with van der Waals surface area (Å²) in [6, 6.07) is 17.4. The fourth-order valence-corrected chi connectivity index (χ4v) is 8.79. The number of nitrogens with zero attached hydrogens (tertiary/aromatic N) is 4. The van der Waals surface area contributed by atoms with Gasteiger partial charge in [-0.15, -0.1) is 11.3 Å². The molecule has 0 spiro atoms. The monoisotopic (exact) mass is 698 g/mol. The van der Waals surface area contributed by atoms with Gasteiger partial charge in [0.1, 0.15) is 5.01 Å². The normalized spacial score (nSPS) is 17.1. The van der Waals surface area contributed by atoms with E-state index in [1.807, 2.05) is 58.9 Å². The lowest BCUT2D eigenvalue weighted by Gasteiger charge is -2.41. The van der Waals surface area contributed by atoms with Gasteiger partial charge >= 0.3 is 5.97 Å². The minimum atomic E-state index is -0.907. The highest BCUT2D eigenvalue weighted by atomic mass is 35.5. The van der Waals surface area contributed by atoms with Crippen LogP contribution in [-0.4, -0.2) is 57.0 Å². The summed E-state index contributed by atoms with van der Waals surface area (Å²) in [5.74, 6) is 0.0610. The van der Waals surface area contributed by atoms with Crippen molar-refractivity contribution in [1.82, 2.24) is 19.7 Å². The van der Waals surface area contributed by atoms with Crippen LogP contribution in [-0.2, 0) is 20.8 Å². The first-order valence-corrected chi connectivity index (χ1v) is 19.0. The molecule has 2 aliphatic rings. The second-order valence-corrected chi connectivity index (χ2v) is 16.0. The number of halogens is 1. The Morgan fingerprint density at radius 2 is 1.73 bits per heavy atom. The van der Waals surface area contributed by atoms with Crippen molar-refractivity contribution in [2.75, 3.05) is 19.7 Å². The lowest BCUT2D eigenvalue weighted by Crippen LogP contribution is -2.44. The van der Waals surface area contributed by atoms with E-state index in [0.717, 1.165) is 81.6 Å². The quantitative estimate of drug-likeness (QED) is 0.143. The van der Waals surface area contributed by atoms with Crippen LogP contribution < -0.4 is 0 Å². The van der Waals surface area contributed by atoms with Gasteiger partial charge in [0.05, 0.1) is 33.6 Å². The van der Waals surface area contributed by atoms with E-state index < -0.39 is 17.7 Å². The molecule has 9 heteroatoms. The average Bonchev–Trinajstić information content (AvgIpc) is 3.64. The number of rotatable bonds is 9. The van der Waals surface area contributed by atoms with E-state index in [1.165, 1.54) is 35.9 Å². The number of thiazole rings is 1. The summed E-state index contributed by atoms with van der Waals surface area (Å²) in [6.45, 7) is 15.3. The van der Waals surface area contributed by atoms with E-state index in [2.05, 4.69) is 40.8 Å². The molecule has 0 radical (unpaired) electrons. The Hall–Kier alpha value is -3.30. The van der Waals surface area contributed by atoms with Gasteiger partial charge in [-0.05, 0) is 128 Å². The number of ether oxygens (including phenoxy) is 2. The number of piperidine rings is 1. The van der Waals surface area contributed by atoms with E-state index in [4.69, 9.17) is 31.2 Å². The Balaban J connectivity index is 1.34. The topological polar surface area (TPSA) is 69.5 Å². The van der Waals surface area contributed by atoms with E-state index in [-0.39, 0.29) is 6.61 Å². The molecule has 5 aromatic rings. The van der Waals surface area contributed by atoms with Crippen molar-refractivity contribution in [2.45, 2.75) is 104 Å². The van der Waals surface area contributed by atoms with Crippen LogP contribution in [0.2, 0.25) is 5.02 Å². The third-order valence-electron chi connectivity index (χ3n) is 10.1. The summed E-state index contributed by atoms with van der Waals surface area (Å²) in [7, 11) is 0. The standard InChI is InChI=1S/C40H47ClN4O3S/c1-7-45-32-17-14-27(23-30(32)35(43-45)26-18-20-44(21-19-26)29-10-9-11-29)38-42-31-22-24(3)33(36(39(46)47-8-2)48-40(4,5)6)34(37(31)49-38)25-12-15-28(41)16-13-25/h12-17,22-23,26,29,36H,7-11,18-21H2,1-6H3/t36-/m0/s1. The number of carbonyl (C=O) groups is 1. The zero-order valence-corrected chi connectivity index (χ0v) is 31.1. The molecule has 0 N–H and O–H groups in total. The molecule has 0 unspecified atom stereocenters. The Morgan fingerprint density at radius 3 is 2.37 bits per heavy atom. The van der Waals surface area contributed by atoms with Gasteiger partial charge < -0.3 is 14.4 Å². The van der Waals surface area contributed by atoms with Crippen molar-refractivity contribution in [3.8, 4) is 21.7 Å². The van der Waals surface area contributed by atoms with Gasteiger partial charge in [0, 0.05) is 45.6 Å². The number of hydrogen-bond acceptors (Lipinski definition) is 7. The predicted molar refractivity (Wildman–Crippen MR) is 201 cm³/mol. The summed E-state index contributed by atoms with van der Waals surface area (Å²) in [5, 5.41) is 8.01. The number of fused-ring (bicyclic) bond motifs is 2. The maximum absolute atomic E-state index is 13.6. The van der Waals surface area contributed by atoms with Gasteiger partial charge in [-0.3, -0.25) is 4.68 Å². The van der Waals surface area contributed by atoms with Crippen molar-refractivity contribution < 1.29 is 14.3 Å². The predicted octanol–water partition coefficient (Wildman–Crippen LogP) is 10.1. The van der Waals surface area contributed by atoms with E-state index in [1.54, 1.807) is 11.3 Å². The summed E-state index contributed by atoms with van der Waals surface area (Å²) in [6.07, 6.45) is 5.50. The van der Waals surface area contributed by atoms with Crippen LogP contribution in [0.15, 0.2) is 48.5 Å². The van der Waals surface area contributed by atoms with Crippen LogP contribution in [0.4, 0.5) is 0 Å². The number of likely N-dealkylation sites (tertiary alicyclic amines) is 1. The Labute approximate surface area is 298 Å². The maximum atomic E-state index is 13.6. The average molecular weight is 699 g/mol. The molecule has 1 atom stereocenters. The Morgan fingerprint density at radius 1 is 1.02 bits per heavy atom. The van der Waals surface area contributed by atoms with Crippen LogP contribution in [0.1, 0.15) is 95.6 Å². The maximum Gasteiger partial charge on any atom is 0.339 e.